The second kappa shape index (κ2) is 5.67. The molecule has 0 radical (unpaired) electrons. The molecule has 17 heavy (non-hydrogen) atoms. The molecule has 1 aromatic rings. The van der Waals surface area contributed by atoms with Gasteiger partial charge < -0.3 is 14.9 Å². The molecule has 0 spiro atoms. The van der Waals surface area contributed by atoms with Crippen molar-refractivity contribution in [2.45, 2.75) is 37.9 Å². The lowest BCUT2D eigenvalue weighted by Crippen LogP contribution is -2.44. The van der Waals surface area contributed by atoms with E-state index in [9.17, 15) is 0 Å². The summed E-state index contributed by atoms with van der Waals surface area (Å²) < 4.78 is 10.9. The Morgan fingerprint density at radius 2 is 2.12 bits per heavy atom. The van der Waals surface area contributed by atoms with E-state index >= 15 is 0 Å². The maximum absolute atomic E-state index is 6.10. The van der Waals surface area contributed by atoms with E-state index in [-0.39, 0.29) is 12.1 Å². The third-order valence-electron chi connectivity index (χ3n) is 3.54. The Balaban J connectivity index is 2.10. The van der Waals surface area contributed by atoms with Crippen molar-refractivity contribution in [1.82, 2.24) is 4.90 Å². The first-order valence-corrected chi connectivity index (χ1v) is 6.29. The van der Waals surface area contributed by atoms with Gasteiger partial charge in [0.25, 0.3) is 0 Å². The van der Waals surface area contributed by atoms with Gasteiger partial charge in [0.15, 0.2) is 0 Å². The summed E-state index contributed by atoms with van der Waals surface area (Å²) in [5.41, 5.74) is 6.10. The maximum atomic E-state index is 6.10. The number of ether oxygens (including phenoxy) is 1. The average molecular weight is 238 g/mol. The lowest BCUT2D eigenvalue weighted by Gasteiger charge is -2.37. The van der Waals surface area contributed by atoms with Crippen LogP contribution < -0.4 is 5.73 Å². The van der Waals surface area contributed by atoms with E-state index in [4.69, 9.17) is 14.9 Å². The first-order chi connectivity index (χ1) is 8.20. The second-order valence-corrected chi connectivity index (χ2v) is 4.83. The molecule has 0 aliphatic carbocycles. The van der Waals surface area contributed by atoms with E-state index in [1.54, 1.807) is 6.26 Å². The number of hydrogen-bond donors (Lipinski definition) is 1. The predicted octanol–water partition coefficient (Wildman–Crippen LogP) is 1.78. The molecule has 1 aromatic heterocycles. The summed E-state index contributed by atoms with van der Waals surface area (Å²) in [6.07, 6.45) is 3.85. The van der Waals surface area contributed by atoms with Crippen molar-refractivity contribution in [1.29, 1.82) is 0 Å². The summed E-state index contributed by atoms with van der Waals surface area (Å²) in [5.74, 6) is 0.953. The molecule has 2 heterocycles. The first kappa shape index (κ1) is 12.6. The fourth-order valence-corrected chi connectivity index (χ4v) is 2.61. The SMILES string of the molecule is CC(N)C(c1ccco1)N(C)C1CCOCC1. The zero-order valence-electron chi connectivity index (χ0n) is 10.6. The molecule has 2 rings (SSSR count). The molecule has 96 valence electrons. The Morgan fingerprint density at radius 3 is 2.65 bits per heavy atom. The van der Waals surface area contributed by atoms with Crippen molar-refractivity contribution in [2.24, 2.45) is 5.73 Å². The molecular formula is C13H22N2O2. The summed E-state index contributed by atoms with van der Waals surface area (Å²) in [5, 5.41) is 0. The van der Waals surface area contributed by atoms with Gasteiger partial charge in [0.1, 0.15) is 5.76 Å². The second-order valence-electron chi connectivity index (χ2n) is 4.83. The summed E-state index contributed by atoms with van der Waals surface area (Å²) in [7, 11) is 2.13. The molecule has 1 aliphatic rings. The molecule has 1 saturated heterocycles. The highest BCUT2D eigenvalue weighted by molar-refractivity contribution is 5.07. The first-order valence-electron chi connectivity index (χ1n) is 6.29. The molecule has 1 fully saturated rings. The van der Waals surface area contributed by atoms with Gasteiger partial charge in [-0.1, -0.05) is 0 Å². The van der Waals surface area contributed by atoms with Crippen LogP contribution >= 0.6 is 0 Å². The minimum Gasteiger partial charge on any atom is -0.468 e. The number of rotatable bonds is 4. The zero-order chi connectivity index (χ0) is 12.3. The highest BCUT2D eigenvalue weighted by Gasteiger charge is 2.29. The van der Waals surface area contributed by atoms with E-state index < -0.39 is 0 Å². The van der Waals surface area contributed by atoms with Gasteiger partial charge in [0.2, 0.25) is 0 Å². The van der Waals surface area contributed by atoms with Gasteiger partial charge in [-0.3, -0.25) is 4.90 Å². The van der Waals surface area contributed by atoms with Crippen LogP contribution in [-0.2, 0) is 4.74 Å². The van der Waals surface area contributed by atoms with Crippen LogP contribution in [0.4, 0.5) is 0 Å². The van der Waals surface area contributed by atoms with Crippen molar-refractivity contribution in [2.75, 3.05) is 20.3 Å². The smallest absolute Gasteiger partial charge is 0.122 e. The maximum Gasteiger partial charge on any atom is 0.122 e. The standard InChI is InChI=1S/C13H22N2O2/c1-10(14)13(12-4-3-7-17-12)15(2)11-5-8-16-9-6-11/h3-4,7,10-11,13H,5-6,8-9,14H2,1-2H3. The lowest BCUT2D eigenvalue weighted by atomic mass is 10.0. The number of hydrogen-bond acceptors (Lipinski definition) is 4. The predicted molar refractivity (Wildman–Crippen MR) is 66.7 cm³/mol. The number of furan rings is 1. The van der Waals surface area contributed by atoms with E-state index in [2.05, 4.69) is 11.9 Å². The van der Waals surface area contributed by atoms with E-state index in [1.807, 2.05) is 19.1 Å². The zero-order valence-corrected chi connectivity index (χ0v) is 10.6. The number of nitrogens with two attached hydrogens (primary N) is 1. The van der Waals surface area contributed by atoms with Gasteiger partial charge in [-0.25, -0.2) is 0 Å². The average Bonchev–Trinajstić information content (AvgIpc) is 2.83. The van der Waals surface area contributed by atoms with Crippen LogP contribution in [0.15, 0.2) is 22.8 Å². The lowest BCUT2D eigenvalue weighted by molar-refractivity contribution is 0.0206. The molecular weight excluding hydrogens is 216 g/mol. The normalized spacial score (nSPS) is 21.6. The minimum absolute atomic E-state index is 0.0500. The third-order valence-corrected chi connectivity index (χ3v) is 3.54. The van der Waals surface area contributed by atoms with Crippen LogP contribution in [0, 0.1) is 0 Å². The van der Waals surface area contributed by atoms with E-state index in [1.165, 1.54) is 0 Å². The van der Waals surface area contributed by atoms with Crippen molar-refractivity contribution >= 4 is 0 Å². The summed E-state index contributed by atoms with van der Waals surface area (Å²) in [6, 6.07) is 4.65. The van der Waals surface area contributed by atoms with E-state index in [0.717, 1.165) is 31.8 Å². The van der Waals surface area contributed by atoms with Crippen LogP contribution in [0.1, 0.15) is 31.6 Å². The van der Waals surface area contributed by atoms with Crippen LogP contribution in [0.5, 0.6) is 0 Å². The molecule has 2 unspecified atom stereocenters. The highest BCUT2D eigenvalue weighted by Crippen LogP contribution is 2.27. The summed E-state index contributed by atoms with van der Waals surface area (Å²) in [4.78, 5) is 2.34. The quantitative estimate of drug-likeness (QED) is 0.868. The fourth-order valence-electron chi connectivity index (χ4n) is 2.61. The fraction of sp³-hybridized carbons (Fsp3) is 0.692. The monoisotopic (exact) mass is 238 g/mol. The highest BCUT2D eigenvalue weighted by atomic mass is 16.5. The van der Waals surface area contributed by atoms with Crippen molar-refractivity contribution < 1.29 is 9.15 Å². The molecule has 2 N–H and O–H groups in total. The molecule has 0 saturated carbocycles. The molecule has 0 bridgehead atoms. The third kappa shape index (κ3) is 2.89. The Labute approximate surface area is 103 Å². The Morgan fingerprint density at radius 1 is 1.41 bits per heavy atom. The Kier molecular flexibility index (Phi) is 4.20. The van der Waals surface area contributed by atoms with Crippen LogP contribution in [0.3, 0.4) is 0 Å². The van der Waals surface area contributed by atoms with Gasteiger partial charge in [0.05, 0.1) is 12.3 Å². The Bertz CT molecular complexity index is 318. The van der Waals surface area contributed by atoms with Crippen LogP contribution in [-0.4, -0.2) is 37.2 Å². The molecule has 0 aromatic carbocycles. The minimum atomic E-state index is 0.0500. The summed E-state index contributed by atoms with van der Waals surface area (Å²) in [6.45, 7) is 3.72. The Hall–Kier alpha value is -0.840. The molecule has 1 aliphatic heterocycles. The number of nitrogens with zero attached hydrogens (tertiary/aromatic N) is 1. The van der Waals surface area contributed by atoms with Gasteiger partial charge in [-0.15, -0.1) is 0 Å². The summed E-state index contributed by atoms with van der Waals surface area (Å²) >= 11 is 0. The number of likely N-dealkylation sites (N-methyl/N-ethyl adjacent to an activating group) is 1. The largest absolute Gasteiger partial charge is 0.468 e. The van der Waals surface area contributed by atoms with Gasteiger partial charge in [-0.2, -0.15) is 0 Å². The van der Waals surface area contributed by atoms with Gasteiger partial charge in [-0.05, 0) is 38.9 Å². The molecule has 2 atom stereocenters. The molecule has 4 nitrogen and oxygen atoms in total. The molecule has 4 heteroatoms. The van der Waals surface area contributed by atoms with Gasteiger partial charge in [0, 0.05) is 25.3 Å². The molecule has 0 amide bonds. The van der Waals surface area contributed by atoms with Crippen molar-refractivity contribution in [3.05, 3.63) is 24.2 Å². The van der Waals surface area contributed by atoms with Crippen LogP contribution in [0.25, 0.3) is 0 Å². The van der Waals surface area contributed by atoms with Gasteiger partial charge >= 0.3 is 0 Å². The van der Waals surface area contributed by atoms with E-state index in [0.29, 0.717) is 6.04 Å². The topological polar surface area (TPSA) is 51.6 Å². The van der Waals surface area contributed by atoms with Crippen molar-refractivity contribution in [3.63, 3.8) is 0 Å². The van der Waals surface area contributed by atoms with Crippen molar-refractivity contribution in [3.8, 4) is 0 Å². The van der Waals surface area contributed by atoms with Crippen LogP contribution in [0.2, 0.25) is 0 Å².